The Morgan fingerprint density at radius 3 is 2.30 bits per heavy atom. The third-order valence-corrected chi connectivity index (χ3v) is 6.28. The van der Waals surface area contributed by atoms with Crippen LogP contribution in [0.2, 0.25) is 10.0 Å². The number of nitrogens with zero attached hydrogens (tertiary/aromatic N) is 5. The number of para-hydroxylation sites is 3. The number of aliphatic hydroxyl groups is 1. The molecule has 33 heavy (non-hydrogen) atoms. The summed E-state index contributed by atoms with van der Waals surface area (Å²) in [4.78, 5) is 0. The molecule has 2 aromatic heterocycles. The monoisotopic (exact) mass is 478 g/mol. The van der Waals surface area contributed by atoms with Gasteiger partial charge in [-0.15, -0.1) is 5.10 Å². The smallest absolute Gasteiger partial charge is 0.203 e. The Balaban J connectivity index is 1.48. The van der Waals surface area contributed by atoms with Crippen molar-refractivity contribution in [2.75, 3.05) is 0 Å². The van der Waals surface area contributed by atoms with Gasteiger partial charge in [-0.1, -0.05) is 64.8 Å². The number of hydrogen-bond donors (Lipinski definition) is 2. The summed E-state index contributed by atoms with van der Waals surface area (Å²) in [5.74, 6) is 0. The normalized spacial score (nSPS) is 12.3. The first kappa shape index (κ1) is 21.5. The molecule has 5 aromatic rings. The van der Waals surface area contributed by atoms with E-state index >= 15 is 0 Å². The highest BCUT2D eigenvalue weighted by Crippen LogP contribution is 2.27. The standard InChI is InChI=1S/C24H20Cl2N6O/c25-19-11-10-16(12-20(19)26)23(33)15-31-22-9-5-4-8-21(22)30(24(31)27)13-17-14-32(29-28-17)18-6-2-1-3-7-18/h1-12,14,23,27,33H,13,15H2. The van der Waals surface area contributed by atoms with E-state index in [-0.39, 0.29) is 12.2 Å². The fourth-order valence-corrected chi connectivity index (χ4v) is 4.18. The second-order valence-electron chi connectivity index (χ2n) is 7.69. The molecule has 1 unspecified atom stereocenters. The highest BCUT2D eigenvalue weighted by atomic mass is 35.5. The van der Waals surface area contributed by atoms with Crippen molar-refractivity contribution in [3.8, 4) is 5.69 Å². The van der Waals surface area contributed by atoms with Crippen LogP contribution < -0.4 is 5.62 Å². The Kier molecular flexibility index (Phi) is 5.76. The SMILES string of the molecule is N=c1n(Cc2cn(-c3ccccc3)nn2)c2ccccc2n1CC(O)c1ccc(Cl)c(Cl)c1. The Morgan fingerprint density at radius 2 is 1.58 bits per heavy atom. The van der Waals surface area contributed by atoms with Crippen LogP contribution in [-0.4, -0.2) is 29.2 Å². The van der Waals surface area contributed by atoms with E-state index in [0.717, 1.165) is 22.4 Å². The van der Waals surface area contributed by atoms with Gasteiger partial charge in [0.1, 0.15) is 5.69 Å². The maximum atomic E-state index is 10.9. The third kappa shape index (κ3) is 4.18. The quantitative estimate of drug-likeness (QED) is 0.374. The summed E-state index contributed by atoms with van der Waals surface area (Å²) in [5, 5.41) is 29.0. The molecule has 0 aliphatic heterocycles. The van der Waals surface area contributed by atoms with Crippen molar-refractivity contribution in [3.63, 3.8) is 0 Å². The second kappa shape index (κ2) is 8.86. The van der Waals surface area contributed by atoms with Crippen molar-refractivity contribution in [1.82, 2.24) is 24.1 Å². The molecule has 2 heterocycles. The lowest BCUT2D eigenvalue weighted by molar-refractivity contribution is 0.155. The molecule has 3 aromatic carbocycles. The molecule has 2 N–H and O–H groups in total. The summed E-state index contributed by atoms with van der Waals surface area (Å²) in [6.45, 7) is 0.572. The van der Waals surface area contributed by atoms with Crippen LogP contribution in [0.4, 0.5) is 0 Å². The summed E-state index contributed by atoms with van der Waals surface area (Å²) in [7, 11) is 0. The summed E-state index contributed by atoms with van der Waals surface area (Å²) in [5.41, 5.74) is 4.25. The minimum atomic E-state index is -0.855. The molecule has 0 saturated heterocycles. The van der Waals surface area contributed by atoms with Crippen molar-refractivity contribution in [2.24, 2.45) is 0 Å². The average Bonchev–Trinajstić information content (AvgIpc) is 3.41. The molecule has 0 radical (unpaired) electrons. The maximum Gasteiger partial charge on any atom is 0.203 e. The minimum Gasteiger partial charge on any atom is -0.387 e. The molecule has 166 valence electrons. The van der Waals surface area contributed by atoms with E-state index in [0.29, 0.717) is 22.2 Å². The van der Waals surface area contributed by atoms with Crippen molar-refractivity contribution in [3.05, 3.63) is 106 Å². The Bertz CT molecular complexity index is 1490. The molecule has 0 fully saturated rings. The summed E-state index contributed by atoms with van der Waals surface area (Å²) < 4.78 is 5.35. The number of benzene rings is 3. The van der Waals surface area contributed by atoms with Crippen LogP contribution >= 0.6 is 23.2 Å². The lowest BCUT2D eigenvalue weighted by Crippen LogP contribution is -2.27. The van der Waals surface area contributed by atoms with Gasteiger partial charge in [-0.3, -0.25) is 5.41 Å². The zero-order chi connectivity index (χ0) is 22.9. The van der Waals surface area contributed by atoms with E-state index in [1.54, 1.807) is 27.4 Å². The number of hydrogen-bond acceptors (Lipinski definition) is 4. The van der Waals surface area contributed by atoms with E-state index in [1.165, 1.54) is 0 Å². The second-order valence-corrected chi connectivity index (χ2v) is 8.50. The van der Waals surface area contributed by atoms with Gasteiger partial charge in [0.15, 0.2) is 0 Å². The molecule has 0 aliphatic rings. The van der Waals surface area contributed by atoms with Gasteiger partial charge in [0.2, 0.25) is 5.62 Å². The predicted molar refractivity (Wildman–Crippen MR) is 128 cm³/mol. The molecule has 9 heteroatoms. The van der Waals surface area contributed by atoms with Gasteiger partial charge in [-0.2, -0.15) is 0 Å². The molecule has 0 spiro atoms. The van der Waals surface area contributed by atoms with Gasteiger partial charge >= 0.3 is 0 Å². The van der Waals surface area contributed by atoms with Gasteiger partial charge in [0.05, 0.1) is 52.2 Å². The fraction of sp³-hybridized carbons (Fsp3) is 0.125. The maximum absolute atomic E-state index is 10.9. The van der Waals surface area contributed by atoms with Crippen LogP contribution in [0.1, 0.15) is 17.4 Å². The van der Waals surface area contributed by atoms with Gasteiger partial charge in [0.25, 0.3) is 0 Å². The average molecular weight is 479 g/mol. The molecule has 7 nitrogen and oxygen atoms in total. The lowest BCUT2D eigenvalue weighted by Gasteiger charge is -2.13. The van der Waals surface area contributed by atoms with Crippen molar-refractivity contribution >= 4 is 34.2 Å². The first-order chi connectivity index (χ1) is 16.0. The topological polar surface area (TPSA) is 84.7 Å². The van der Waals surface area contributed by atoms with Crippen LogP contribution in [-0.2, 0) is 13.1 Å². The van der Waals surface area contributed by atoms with E-state index in [1.807, 2.05) is 65.4 Å². The molecule has 5 rings (SSSR count). The molecule has 0 bridgehead atoms. The summed E-state index contributed by atoms with van der Waals surface area (Å²) in [6, 6.07) is 22.5. The Labute approximate surface area is 199 Å². The molecule has 0 saturated carbocycles. The van der Waals surface area contributed by atoms with Gasteiger partial charge < -0.3 is 14.2 Å². The lowest BCUT2D eigenvalue weighted by atomic mass is 10.1. The summed E-state index contributed by atoms with van der Waals surface area (Å²) in [6.07, 6.45) is 1.01. The van der Waals surface area contributed by atoms with Crippen LogP contribution in [0, 0.1) is 5.41 Å². The molecular weight excluding hydrogens is 459 g/mol. The Hall–Kier alpha value is -3.39. The number of imidazole rings is 1. The van der Waals surface area contributed by atoms with Crippen molar-refractivity contribution < 1.29 is 5.11 Å². The van der Waals surface area contributed by atoms with E-state index in [9.17, 15) is 5.11 Å². The van der Waals surface area contributed by atoms with Crippen LogP contribution in [0.15, 0.2) is 79.0 Å². The number of fused-ring (bicyclic) bond motifs is 1. The highest BCUT2D eigenvalue weighted by Gasteiger charge is 2.17. The number of aliphatic hydroxyl groups excluding tert-OH is 1. The Morgan fingerprint density at radius 1 is 0.879 bits per heavy atom. The number of aromatic nitrogens is 5. The van der Waals surface area contributed by atoms with E-state index in [2.05, 4.69) is 10.3 Å². The minimum absolute atomic E-state index is 0.195. The van der Waals surface area contributed by atoms with E-state index in [4.69, 9.17) is 28.6 Å². The van der Waals surface area contributed by atoms with E-state index < -0.39 is 6.10 Å². The molecule has 0 amide bonds. The largest absolute Gasteiger partial charge is 0.387 e. The van der Waals surface area contributed by atoms with Crippen LogP contribution in [0.25, 0.3) is 16.7 Å². The highest BCUT2D eigenvalue weighted by molar-refractivity contribution is 6.42. The molecule has 0 aliphatic carbocycles. The number of halogens is 2. The predicted octanol–water partition coefficient (Wildman–Crippen LogP) is 4.59. The van der Waals surface area contributed by atoms with Gasteiger partial charge in [-0.25, -0.2) is 4.68 Å². The fourth-order valence-electron chi connectivity index (χ4n) is 3.88. The zero-order valence-corrected chi connectivity index (χ0v) is 18.9. The number of nitrogens with one attached hydrogen (secondary N) is 1. The summed E-state index contributed by atoms with van der Waals surface area (Å²) >= 11 is 12.1. The van der Waals surface area contributed by atoms with Crippen molar-refractivity contribution in [1.29, 1.82) is 5.41 Å². The van der Waals surface area contributed by atoms with Crippen LogP contribution in [0.3, 0.4) is 0 Å². The van der Waals surface area contributed by atoms with Gasteiger partial charge in [-0.05, 0) is 42.0 Å². The van der Waals surface area contributed by atoms with Crippen molar-refractivity contribution in [2.45, 2.75) is 19.2 Å². The van der Waals surface area contributed by atoms with Crippen LogP contribution in [0.5, 0.6) is 0 Å². The molecular formula is C24H20Cl2N6O. The number of rotatable bonds is 6. The zero-order valence-electron chi connectivity index (χ0n) is 17.4. The third-order valence-electron chi connectivity index (χ3n) is 5.54. The molecule has 1 atom stereocenters. The first-order valence-electron chi connectivity index (χ1n) is 10.3. The first-order valence-corrected chi connectivity index (χ1v) is 11.1. The van der Waals surface area contributed by atoms with Gasteiger partial charge in [0, 0.05) is 0 Å².